The van der Waals surface area contributed by atoms with Gasteiger partial charge in [0.1, 0.15) is 0 Å². The number of benzene rings is 3. The number of hydrogen-bond donors (Lipinski definition) is 1. The van der Waals surface area contributed by atoms with E-state index in [9.17, 15) is 5.11 Å². The van der Waals surface area contributed by atoms with Gasteiger partial charge in [-0.2, -0.15) is 0 Å². The summed E-state index contributed by atoms with van der Waals surface area (Å²) in [5.74, 6) is 0. The van der Waals surface area contributed by atoms with Crippen molar-refractivity contribution in [3.05, 3.63) is 96.1 Å². The lowest BCUT2D eigenvalue weighted by Gasteiger charge is -2.37. The van der Waals surface area contributed by atoms with Gasteiger partial charge in [0.2, 0.25) is 0 Å². The van der Waals surface area contributed by atoms with E-state index in [1.54, 1.807) is 0 Å². The molecule has 0 bridgehead atoms. The first-order valence-corrected chi connectivity index (χ1v) is 15.1. The lowest BCUT2D eigenvalue weighted by atomic mass is 9.98. The Morgan fingerprint density at radius 2 is 1.47 bits per heavy atom. The minimum Gasteiger partial charge on any atom is -0.405 e. The maximum atomic E-state index is 11.2. The third-order valence-electron chi connectivity index (χ3n) is 7.81. The summed E-state index contributed by atoms with van der Waals surface area (Å²) in [7, 11) is -2.43. The van der Waals surface area contributed by atoms with Gasteiger partial charge in [-0.3, -0.25) is 4.90 Å². The Bertz CT molecular complexity index is 1020. The molecule has 0 radical (unpaired) electrons. The van der Waals surface area contributed by atoms with Gasteiger partial charge in [-0.05, 0) is 46.8 Å². The fraction of sp³-hybridized carbons (Fsp3) is 0.400. The van der Waals surface area contributed by atoms with Gasteiger partial charge in [0.25, 0.3) is 8.32 Å². The van der Waals surface area contributed by atoms with Crippen LogP contribution >= 0.6 is 0 Å². The molecule has 1 saturated carbocycles. The van der Waals surface area contributed by atoms with E-state index in [1.807, 2.05) is 0 Å². The maximum Gasteiger partial charge on any atom is 0.256 e. The van der Waals surface area contributed by atoms with Gasteiger partial charge < -0.3 is 9.53 Å². The third-order valence-corrected chi connectivity index (χ3v) is 12.1. The van der Waals surface area contributed by atoms with E-state index in [-0.39, 0.29) is 18.2 Å². The number of aliphatic hydroxyl groups excluding tert-OH is 1. The fourth-order valence-corrected chi connectivity index (χ4v) is 10.4. The predicted molar refractivity (Wildman–Crippen MR) is 142 cm³/mol. The summed E-state index contributed by atoms with van der Waals surface area (Å²) in [5, 5.41) is 13.9. The van der Waals surface area contributed by atoms with Gasteiger partial charge in [-0.1, -0.05) is 105 Å². The van der Waals surface area contributed by atoms with E-state index in [2.05, 4.69) is 96.8 Å². The highest BCUT2D eigenvalue weighted by molar-refractivity contribution is 6.97. The molecule has 0 amide bonds. The Kier molecular flexibility index (Phi) is 7.31. The summed E-state index contributed by atoms with van der Waals surface area (Å²) in [5.41, 5.74) is 2.86. The summed E-state index contributed by atoms with van der Waals surface area (Å²) in [6.45, 7) is 4.21. The van der Waals surface area contributed by atoms with E-state index in [0.717, 1.165) is 51.2 Å². The minimum atomic E-state index is -2.43. The number of rotatable bonds is 8. The van der Waals surface area contributed by atoms with Crippen molar-refractivity contribution < 1.29 is 9.53 Å². The van der Waals surface area contributed by atoms with E-state index in [4.69, 9.17) is 4.43 Å². The second-order valence-corrected chi connectivity index (χ2v) is 13.5. The first-order valence-electron chi connectivity index (χ1n) is 13.0. The quantitative estimate of drug-likeness (QED) is 0.491. The molecule has 1 heterocycles. The van der Waals surface area contributed by atoms with Crippen LogP contribution in [0.4, 0.5) is 0 Å². The first-order chi connectivity index (χ1) is 16.7. The average Bonchev–Trinajstić information content (AvgIpc) is 3.27. The van der Waals surface area contributed by atoms with Crippen LogP contribution in [0.2, 0.25) is 6.04 Å². The van der Waals surface area contributed by atoms with Crippen molar-refractivity contribution in [2.75, 3.05) is 6.54 Å². The molecular weight excluding hydrogens is 434 g/mol. The minimum absolute atomic E-state index is 0.0844. The SMILES string of the molecule is CCCC[Si](OC1CC(O)C(N2CCc3ccccc3C2)C1)(c1ccccc1)c1ccccc1. The molecule has 3 unspecified atom stereocenters. The summed E-state index contributed by atoms with van der Waals surface area (Å²) in [6.07, 6.45) is 4.75. The monoisotopic (exact) mass is 471 g/mol. The molecule has 4 heteroatoms. The van der Waals surface area contributed by atoms with Crippen molar-refractivity contribution in [2.24, 2.45) is 0 Å². The highest BCUT2D eigenvalue weighted by atomic mass is 28.4. The highest BCUT2D eigenvalue weighted by Crippen LogP contribution is 2.33. The molecule has 1 N–H and O–H groups in total. The Balaban J connectivity index is 1.41. The molecule has 3 nitrogen and oxygen atoms in total. The van der Waals surface area contributed by atoms with Gasteiger partial charge in [0.05, 0.1) is 6.10 Å². The van der Waals surface area contributed by atoms with E-state index < -0.39 is 8.32 Å². The molecule has 1 aliphatic heterocycles. The van der Waals surface area contributed by atoms with Crippen molar-refractivity contribution in [1.29, 1.82) is 0 Å². The molecule has 3 aromatic carbocycles. The lowest BCUT2D eigenvalue weighted by molar-refractivity contribution is 0.0625. The topological polar surface area (TPSA) is 32.7 Å². The predicted octanol–water partition coefficient (Wildman–Crippen LogP) is 4.51. The molecule has 34 heavy (non-hydrogen) atoms. The molecule has 0 spiro atoms. The molecule has 1 aliphatic carbocycles. The second-order valence-electron chi connectivity index (χ2n) is 10.00. The summed E-state index contributed by atoms with van der Waals surface area (Å²) in [6, 6.07) is 31.8. The van der Waals surface area contributed by atoms with Crippen LogP contribution in [0.15, 0.2) is 84.9 Å². The van der Waals surface area contributed by atoms with Gasteiger partial charge in [0, 0.05) is 25.2 Å². The largest absolute Gasteiger partial charge is 0.405 e. The van der Waals surface area contributed by atoms with Crippen molar-refractivity contribution in [1.82, 2.24) is 4.90 Å². The van der Waals surface area contributed by atoms with Gasteiger partial charge in [0.15, 0.2) is 0 Å². The normalized spacial score (nSPS) is 23.1. The van der Waals surface area contributed by atoms with Crippen LogP contribution in [-0.4, -0.2) is 43.1 Å². The second kappa shape index (κ2) is 10.6. The third kappa shape index (κ3) is 4.78. The van der Waals surface area contributed by atoms with Crippen LogP contribution in [0.1, 0.15) is 43.7 Å². The van der Waals surface area contributed by atoms with Crippen LogP contribution in [0.25, 0.3) is 0 Å². The van der Waals surface area contributed by atoms with Crippen LogP contribution in [0.5, 0.6) is 0 Å². The van der Waals surface area contributed by atoms with E-state index in [1.165, 1.54) is 21.5 Å². The molecule has 3 atom stereocenters. The summed E-state index contributed by atoms with van der Waals surface area (Å²) in [4.78, 5) is 2.50. The lowest BCUT2D eigenvalue weighted by Crippen LogP contribution is -2.62. The van der Waals surface area contributed by atoms with Crippen molar-refractivity contribution in [3.63, 3.8) is 0 Å². The molecule has 0 saturated heterocycles. The Morgan fingerprint density at radius 1 is 0.853 bits per heavy atom. The fourth-order valence-electron chi connectivity index (χ4n) is 6.01. The molecule has 1 fully saturated rings. The van der Waals surface area contributed by atoms with Gasteiger partial charge >= 0.3 is 0 Å². The number of aliphatic hydroxyl groups is 1. The molecule has 2 aliphatic rings. The van der Waals surface area contributed by atoms with Crippen molar-refractivity contribution in [2.45, 2.75) is 69.9 Å². The molecule has 3 aromatic rings. The Hall–Kier alpha value is -2.24. The molecule has 5 rings (SSSR count). The Labute approximate surface area is 205 Å². The number of nitrogens with zero attached hydrogens (tertiary/aromatic N) is 1. The van der Waals surface area contributed by atoms with Crippen LogP contribution in [-0.2, 0) is 17.4 Å². The maximum absolute atomic E-state index is 11.2. The molecule has 0 aromatic heterocycles. The van der Waals surface area contributed by atoms with E-state index >= 15 is 0 Å². The number of hydrogen-bond acceptors (Lipinski definition) is 3. The standard InChI is InChI=1S/C30H37NO2Si/c1-2-3-20-34(27-14-6-4-7-15-27,28-16-8-5-9-17-28)33-26-21-29(30(32)22-26)31-19-18-24-12-10-11-13-25(24)23-31/h4-17,26,29-30,32H,2-3,18-23H2,1H3. The first kappa shape index (κ1) is 23.5. The Morgan fingerprint density at radius 3 is 2.12 bits per heavy atom. The van der Waals surface area contributed by atoms with Crippen LogP contribution in [0, 0.1) is 0 Å². The zero-order chi connectivity index (χ0) is 23.4. The molecule has 178 valence electrons. The van der Waals surface area contributed by atoms with Crippen LogP contribution < -0.4 is 10.4 Å². The van der Waals surface area contributed by atoms with E-state index in [0.29, 0.717) is 0 Å². The van der Waals surface area contributed by atoms with Gasteiger partial charge in [-0.25, -0.2) is 0 Å². The smallest absolute Gasteiger partial charge is 0.256 e. The number of unbranched alkanes of at least 4 members (excludes halogenated alkanes) is 1. The zero-order valence-electron chi connectivity index (χ0n) is 20.3. The number of fused-ring (bicyclic) bond motifs is 1. The van der Waals surface area contributed by atoms with Crippen LogP contribution in [0.3, 0.4) is 0 Å². The summed E-state index contributed by atoms with van der Waals surface area (Å²) < 4.78 is 7.29. The molecular formula is C30H37NO2Si. The summed E-state index contributed by atoms with van der Waals surface area (Å²) >= 11 is 0. The highest BCUT2D eigenvalue weighted by Gasteiger charge is 2.45. The van der Waals surface area contributed by atoms with Crippen molar-refractivity contribution >= 4 is 18.7 Å². The zero-order valence-corrected chi connectivity index (χ0v) is 21.3. The van der Waals surface area contributed by atoms with Gasteiger partial charge in [-0.15, -0.1) is 0 Å². The average molecular weight is 472 g/mol. The van der Waals surface area contributed by atoms with Crippen molar-refractivity contribution in [3.8, 4) is 0 Å².